The Morgan fingerprint density at radius 2 is 1.76 bits per heavy atom. The van der Waals surface area contributed by atoms with Crippen molar-refractivity contribution in [2.75, 3.05) is 0 Å². The fourth-order valence-corrected chi connectivity index (χ4v) is 3.16. The van der Waals surface area contributed by atoms with Crippen LogP contribution in [0.1, 0.15) is 16.0 Å². The van der Waals surface area contributed by atoms with Gasteiger partial charge in [-0.2, -0.15) is 0 Å². The van der Waals surface area contributed by atoms with Crippen LogP contribution >= 0.6 is 38.9 Å². The van der Waals surface area contributed by atoms with Crippen molar-refractivity contribution < 1.29 is 0 Å². The van der Waals surface area contributed by atoms with E-state index < -0.39 is 0 Å². The summed E-state index contributed by atoms with van der Waals surface area (Å²) in [6.45, 7) is 1.78. The van der Waals surface area contributed by atoms with Gasteiger partial charge < -0.3 is 5.32 Å². The number of halogens is 2. The Morgan fingerprint density at radius 1 is 1.06 bits per heavy atom. The summed E-state index contributed by atoms with van der Waals surface area (Å²) in [6.07, 6.45) is 0. The molecule has 0 radical (unpaired) electrons. The molecule has 90 valence electrons. The van der Waals surface area contributed by atoms with Crippen molar-refractivity contribution in [1.29, 1.82) is 0 Å². The van der Waals surface area contributed by atoms with E-state index in [4.69, 9.17) is 11.6 Å². The SMILES string of the molecule is ClCc1ccc(CNCc2sccc2Br)cc1. The summed E-state index contributed by atoms with van der Waals surface area (Å²) in [4.78, 5) is 1.34. The number of hydrogen-bond donors (Lipinski definition) is 1. The van der Waals surface area contributed by atoms with Crippen LogP contribution in [0.15, 0.2) is 40.2 Å². The molecule has 2 aromatic rings. The third-order valence-corrected chi connectivity index (χ3v) is 4.72. The fourth-order valence-electron chi connectivity index (χ4n) is 1.52. The summed E-state index contributed by atoms with van der Waals surface area (Å²) in [5.41, 5.74) is 2.45. The van der Waals surface area contributed by atoms with Crippen molar-refractivity contribution in [1.82, 2.24) is 5.32 Å². The predicted molar refractivity (Wildman–Crippen MR) is 78.6 cm³/mol. The molecular formula is C13H13BrClNS. The maximum Gasteiger partial charge on any atom is 0.0474 e. The second kappa shape index (κ2) is 6.55. The lowest BCUT2D eigenvalue weighted by Crippen LogP contribution is -2.11. The molecule has 0 saturated carbocycles. The minimum atomic E-state index is 0.579. The fraction of sp³-hybridized carbons (Fsp3) is 0.231. The minimum absolute atomic E-state index is 0.579. The van der Waals surface area contributed by atoms with E-state index in [-0.39, 0.29) is 0 Å². The summed E-state index contributed by atoms with van der Waals surface area (Å²) < 4.78 is 1.19. The van der Waals surface area contributed by atoms with Crippen molar-refractivity contribution in [2.45, 2.75) is 19.0 Å². The van der Waals surface area contributed by atoms with Gasteiger partial charge in [-0.3, -0.25) is 0 Å². The van der Waals surface area contributed by atoms with Gasteiger partial charge in [0.15, 0.2) is 0 Å². The molecule has 0 saturated heterocycles. The summed E-state index contributed by atoms with van der Waals surface area (Å²) in [5.74, 6) is 0.579. The predicted octanol–water partition coefficient (Wildman–Crippen LogP) is 4.54. The molecular weight excluding hydrogens is 318 g/mol. The monoisotopic (exact) mass is 329 g/mol. The first-order valence-corrected chi connectivity index (χ1v) is 7.56. The molecule has 17 heavy (non-hydrogen) atoms. The van der Waals surface area contributed by atoms with E-state index in [9.17, 15) is 0 Å². The van der Waals surface area contributed by atoms with Gasteiger partial charge in [-0.05, 0) is 38.5 Å². The van der Waals surface area contributed by atoms with Crippen molar-refractivity contribution in [2.24, 2.45) is 0 Å². The van der Waals surface area contributed by atoms with Gasteiger partial charge in [0.25, 0.3) is 0 Å². The number of alkyl halides is 1. The van der Waals surface area contributed by atoms with Crippen LogP contribution in [0.3, 0.4) is 0 Å². The lowest BCUT2D eigenvalue weighted by molar-refractivity contribution is 0.699. The van der Waals surface area contributed by atoms with Gasteiger partial charge in [0.2, 0.25) is 0 Å². The van der Waals surface area contributed by atoms with Crippen LogP contribution in [0.2, 0.25) is 0 Å². The zero-order valence-corrected chi connectivity index (χ0v) is 12.4. The van der Waals surface area contributed by atoms with Crippen LogP contribution < -0.4 is 5.32 Å². The van der Waals surface area contributed by atoms with Gasteiger partial charge in [-0.1, -0.05) is 24.3 Å². The number of benzene rings is 1. The highest BCUT2D eigenvalue weighted by Crippen LogP contribution is 2.22. The molecule has 0 amide bonds. The highest BCUT2D eigenvalue weighted by Gasteiger charge is 2.00. The van der Waals surface area contributed by atoms with E-state index >= 15 is 0 Å². The van der Waals surface area contributed by atoms with Crippen LogP contribution in [0.4, 0.5) is 0 Å². The quantitative estimate of drug-likeness (QED) is 0.794. The zero-order valence-electron chi connectivity index (χ0n) is 9.25. The molecule has 1 aromatic heterocycles. The second-order valence-electron chi connectivity index (χ2n) is 3.75. The number of nitrogens with one attached hydrogen (secondary N) is 1. The number of hydrogen-bond acceptors (Lipinski definition) is 2. The molecule has 0 fully saturated rings. The van der Waals surface area contributed by atoms with Crippen LogP contribution in [0.5, 0.6) is 0 Å². The van der Waals surface area contributed by atoms with Gasteiger partial charge in [-0.25, -0.2) is 0 Å². The summed E-state index contributed by atoms with van der Waals surface area (Å²) in [7, 11) is 0. The number of thiophene rings is 1. The molecule has 0 aliphatic heterocycles. The Labute approximate surface area is 119 Å². The van der Waals surface area contributed by atoms with Crippen LogP contribution in [-0.2, 0) is 19.0 Å². The molecule has 1 heterocycles. The summed E-state index contributed by atoms with van der Waals surface area (Å²) in [5, 5.41) is 5.52. The van der Waals surface area contributed by atoms with Gasteiger partial charge >= 0.3 is 0 Å². The molecule has 4 heteroatoms. The van der Waals surface area contributed by atoms with Gasteiger partial charge in [0.1, 0.15) is 0 Å². The van der Waals surface area contributed by atoms with Crippen LogP contribution in [0, 0.1) is 0 Å². The van der Waals surface area contributed by atoms with Gasteiger partial charge in [0.05, 0.1) is 0 Å². The molecule has 1 nitrogen and oxygen atoms in total. The molecule has 0 atom stereocenters. The number of rotatable bonds is 5. The van der Waals surface area contributed by atoms with E-state index in [0.29, 0.717) is 5.88 Å². The first-order valence-electron chi connectivity index (χ1n) is 5.36. The van der Waals surface area contributed by atoms with Gasteiger partial charge in [-0.15, -0.1) is 22.9 Å². The average Bonchev–Trinajstić information content (AvgIpc) is 2.76. The van der Waals surface area contributed by atoms with Crippen LogP contribution in [0.25, 0.3) is 0 Å². The Morgan fingerprint density at radius 3 is 2.35 bits per heavy atom. The van der Waals surface area contributed by atoms with E-state index in [0.717, 1.165) is 18.7 Å². The lowest BCUT2D eigenvalue weighted by atomic mass is 10.1. The molecule has 1 aromatic carbocycles. The van der Waals surface area contributed by atoms with E-state index in [1.165, 1.54) is 14.9 Å². The lowest BCUT2D eigenvalue weighted by Gasteiger charge is -2.05. The maximum absolute atomic E-state index is 5.75. The summed E-state index contributed by atoms with van der Waals surface area (Å²) in [6, 6.07) is 10.5. The molecule has 0 aliphatic rings. The minimum Gasteiger partial charge on any atom is -0.308 e. The molecule has 2 rings (SSSR count). The standard InChI is InChI=1S/C13H13BrClNS/c14-12-5-6-17-13(12)9-16-8-11-3-1-10(7-15)2-4-11/h1-6,16H,7-9H2. The highest BCUT2D eigenvalue weighted by atomic mass is 79.9. The maximum atomic E-state index is 5.75. The van der Waals surface area contributed by atoms with E-state index in [2.05, 4.69) is 57.0 Å². The molecule has 0 unspecified atom stereocenters. The third-order valence-electron chi connectivity index (χ3n) is 2.48. The smallest absolute Gasteiger partial charge is 0.0474 e. The Hall–Kier alpha value is -0.350. The van der Waals surface area contributed by atoms with Crippen molar-refractivity contribution in [3.63, 3.8) is 0 Å². The Bertz CT molecular complexity index is 467. The Balaban J connectivity index is 1.83. The highest BCUT2D eigenvalue weighted by molar-refractivity contribution is 9.10. The molecule has 0 spiro atoms. The first kappa shape index (κ1) is 13.1. The average molecular weight is 331 g/mol. The van der Waals surface area contributed by atoms with Gasteiger partial charge in [0, 0.05) is 28.3 Å². The Kier molecular flexibility index (Phi) is 5.04. The van der Waals surface area contributed by atoms with E-state index in [1.54, 1.807) is 11.3 Å². The van der Waals surface area contributed by atoms with Crippen molar-refractivity contribution in [3.05, 3.63) is 56.2 Å². The third kappa shape index (κ3) is 3.81. The molecule has 0 aliphatic carbocycles. The normalized spacial score (nSPS) is 10.7. The summed E-state index contributed by atoms with van der Waals surface area (Å²) >= 11 is 11.0. The van der Waals surface area contributed by atoms with Crippen molar-refractivity contribution >= 4 is 38.9 Å². The molecule has 1 N–H and O–H groups in total. The van der Waals surface area contributed by atoms with Crippen molar-refractivity contribution in [3.8, 4) is 0 Å². The first-order chi connectivity index (χ1) is 8.29. The molecule has 0 bridgehead atoms. The second-order valence-corrected chi connectivity index (χ2v) is 5.87. The zero-order chi connectivity index (χ0) is 12.1. The largest absolute Gasteiger partial charge is 0.308 e. The topological polar surface area (TPSA) is 12.0 Å². The van der Waals surface area contributed by atoms with Crippen LogP contribution in [-0.4, -0.2) is 0 Å². The van der Waals surface area contributed by atoms with E-state index in [1.807, 2.05) is 0 Å².